The van der Waals surface area contributed by atoms with Gasteiger partial charge in [0.2, 0.25) is 0 Å². The number of aromatic amines is 4. The molecule has 8 heteroatoms. The van der Waals surface area contributed by atoms with Gasteiger partial charge in [0.15, 0.2) is 0 Å². The maximum absolute atomic E-state index is 5.95. The molecule has 0 radical (unpaired) electrons. The number of nitrogens with zero attached hydrogens (tertiary/aromatic N) is 4. The molecule has 0 unspecified atom stereocenters. The first kappa shape index (κ1) is 77.5. The van der Waals surface area contributed by atoms with E-state index in [4.69, 9.17) is 19.9 Å². The predicted octanol–water partition coefficient (Wildman–Crippen LogP) is 29.7. The third-order valence-electron chi connectivity index (χ3n) is 24.0. The minimum absolute atomic E-state index is 0.170. The summed E-state index contributed by atoms with van der Waals surface area (Å²) in [5.41, 5.74) is 38.1. The van der Waals surface area contributed by atoms with Gasteiger partial charge in [-0.3, -0.25) is 0 Å². The Morgan fingerprint density at radius 1 is 0.237 bits per heavy atom. The number of hydrogen-bond acceptors (Lipinski definition) is 4. The lowest BCUT2D eigenvalue weighted by Crippen LogP contribution is -2.24. The number of H-pyrrole nitrogens is 4. The second-order valence-electron chi connectivity index (χ2n) is 36.6. The van der Waals surface area contributed by atoms with E-state index in [9.17, 15) is 0 Å². The molecule has 4 aliphatic rings. The molecule has 0 amide bonds. The van der Waals surface area contributed by atoms with Crippen LogP contribution < -0.4 is 0 Å². The summed E-state index contributed by atoms with van der Waals surface area (Å²) >= 11 is 0. The van der Waals surface area contributed by atoms with Gasteiger partial charge in [0.1, 0.15) is 0 Å². The second kappa shape index (κ2) is 30.2. The number of nitrogens with one attached hydrogen (secondary N) is 4. The fourth-order valence-electron chi connectivity index (χ4n) is 17.4. The quantitative estimate of drug-likeness (QED) is 0.0766. The number of benzene rings is 7. The largest absolute Gasteiger partial charge is 0.354 e. The molecule has 17 rings (SSSR count). The molecule has 0 spiro atoms. The first-order chi connectivity index (χ1) is 56.6. The number of rotatable bonds is 15. The minimum atomic E-state index is -0.237. The molecule has 0 atom stereocenters. The zero-order chi connectivity index (χ0) is 82.3. The zero-order valence-electron chi connectivity index (χ0n) is 70.6. The summed E-state index contributed by atoms with van der Waals surface area (Å²) in [6.07, 6.45) is 26.0. The molecule has 0 fully saturated rings. The molecule has 0 saturated heterocycles. The highest BCUT2D eigenvalue weighted by atomic mass is 14.8. The van der Waals surface area contributed by atoms with Gasteiger partial charge >= 0.3 is 0 Å². The summed E-state index contributed by atoms with van der Waals surface area (Å²) in [5, 5.41) is 0. The summed E-state index contributed by atoms with van der Waals surface area (Å²) in [6, 6.07) is 78.5. The molecule has 4 N–H and O–H groups in total. The van der Waals surface area contributed by atoms with Crippen LogP contribution in [0.1, 0.15) is 187 Å². The van der Waals surface area contributed by atoms with E-state index in [1.807, 2.05) is 18.2 Å². The molecule has 584 valence electrons. The van der Waals surface area contributed by atoms with Crippen molar-refractivity contribution in [2.75, 3.05) is 0 Å². The van der Waals surface area contributed by atoms with Crippen molar-refractivity contribution in [1.82, 2.24) is 39.9 Å². The molecule has 0 aliphatic carbocycles. The molecule has 8 nitrogen and oxygen atoms in total. The fourth-order valence-corrected chi connectivity index (χ4v) is 17.4. The highest BCUT2D eigenvalue weighted by molar-refractivity contribution is 6.04. The summed E-state index contributed by atoms with van der Waals surface area (Å²) in [5.74, 6) is 0. The Morgan fingerprint density at radius 3 is 0.661 bits per heavy atom. The van der Waals surface area contributed by atoms with Gasteiger partial charge in [0.05, 0.1) is 45.6 Å². The van der Waals surface area contributed by atoms with E-state index in [0.29, 0.717) is 0 Å². The van der Waals surface area contributed by atoms with E-state index in [2.05, 4.69) is 398 Å². The molecular formula is C110H104N8. The van der Waals surface area contributed by atoms with Crippen LogP contribution in [0.5, 0.6) is 0 Å². The van der Waals surface area contributed by atoms with Crippen LogP contribution in [0.3, 0.4) is 0 Å². The topological polar surface area (TPSA) is 115 Å². The van der Waals surface area contributed by atoms with Crippen molar-refractivity contribution in [1.29, 1.82) is 0 Å². The smallest absolute Gasteiger partial charge is 0.0737 e. The highest BCUT2D eigenvalue weighted by Gasteiger charge is 2.31. The number of hydrogen-bond donors (Lipinski definition) is 4. The Kier molecular flexibility index (Phi) is 19.9. The average molecular weight is 1540 g/mol. The molecule has 7 aromatic carbocycles. The third-order valence-corrected chi connectivity index (χ3v) is 24.0. The molecule has 16 bridgehead atoms. The van der Waals surface area contributed by atoms with Crippen molar-refractivity contribution >= 4 is 92.7 Å². The van der Waals surface area contributed by atoms with Crippen molar-refractivity contribution in [3.05, 3.63) is 335 Å². The standard InChI is InChI=1S/C110H104N8/c1-18-58-110(59-19-2,60-20-3)77-40-38-74(39-41-77)103-92-52-56-96(117-92)104(75-61-78(106(6,7)8)65-79(62-75)107(9,10)11)94-54-50-90(115-94)102(91-51-55-95(116-91)105(97-57-53-93(103)118-97)76-63-80(108(12,13)14)66-81(64-76)109(15,16)17)73-36-34-72(35-37-73)101-88-48-46-86(113-88)99(70-30-26-67(4)27-31-70)84-44-42-82(111-84)98(69-24-22-21-23-25-69)83-43-45-85(112-83)100(87-47-49-89(101)114-87)71-32-28-68(5)29-33-71/h18-57,61-66,111,114-115,118H,1-3,58-60H2,4-17H3. The second-order valence-corrected chi connectivity index (χ2v) is 36.6. The molecular weight excluding hydrogens is 1430 g/mol. The summed E-state index contributed by atoms with van der Waals surface area (Å²) in [4.78, 5) is 39.4. The predicted molar refractivity (Wildman–Crippen MR) is 505 cm³/mol. The van der Waals surface area contributed by atoms with Gasteiger partial charge in [-0.15, -0.1) is 19.7 Å². The summed E-state index contributed by atoms with van der Waals surface area (Å²) in [6.45, 7) is 44.7. The average Bonchev–Trinajstić information content (AvgIpc) is 1.54. The van der Waals surface area contributed by atoms with Crippen LogP contribution >= 0.6 is 0 Å². The lowest BCUT2D eigenvalue weighted by molar-refractivity contribution is 0.442. The van der Waals surface area contributed by atoms with Crippen molar-refractivity contribution in [3.63, 3.8) is 0 Å². The lowest BCUT2D eigenvalue weighted by Gasteiger charge is -2.32. The van der Waals surface area contributed by atoms with E-state index in [0.717, 1.165) is 198 Å². The molecule has 6 aromatic heterocycles. The maximum Gasteiger partial charge on any atom is 0.0737 e. The normalized spacial score (nSPS) is 12.9. The SMILES string of the molecule is C=CCC(CC=C)(CC=C)c1ccc(-c2c3nc(c(-c4cc(C(C)(C)C)cc(C(C)(C)C)c4)c4ccc([nH]4)c(-c4ccc(-c5c6nc(c(-c7ccc(C)cc7)c7ccc([nH]7)c(-c7ccccc7)c7nc(c(-c8ccc(C)cc8)c8ccc5[nH]8)C=C7)C=C6)cc4)c4nc(c(-c5cc(C(C)(C)C)cc(C(C)(C)C)c5)c5ccc2[nH]5)C=C4)C=C3)cc1. The van der Waals surface area contributed by atoms with Crippen LogP contribution in [0.4, 0.5) is 0 Å². The van der Waals surface area contributed by atoms with E-state index in [1.165, 1.54) is 38.9 Å². The van der Waals surface area contributed by atoms with Gasteiger partial charge < -0.3 is 19.9 Å². The fraction of sp³-hybridized carbons (Fsp3) is 0.200. The van der Waals surface area contributed by atoms with Gasteiger partial charge in [-0.25, -0.2) is 19.9 Å². The van der Waals surface area contributed by atoms with E-state index in [-0.39, 0.29) is 27.1 Å². The van der Waals surface area contributed by atoms with Crippen molar-refractivity contribution in [2.24, 2.45) is 0 Å². The minimum Gasteiger partial charge on any atom is -0.354 e. The van der Waals surface area contributed by atoms with Gasteiger partial charge in [-0.05, 0) is 224 Å². The number of fused-ring (bicyclic) bond motifs is 16. The lowest BCUT2D eigenvalue weighted by atomic mass is 9.72. The van der Waals surface area contributed by atoms with Crippen LogP contribution in [-0.4, -0.2) is 39.9 Å². The molecule has 13 aromatic rings. The van der Waals surface area contributed by atoms with Gasteiger partial charge in [0, 0.05) is 94.1 Å². The van der Waals surface area contributed by atoms with Gasteiger partial charge in [-0.2, -0.15) is 0 Å². The van der Waals surface area contributed by atoms with Crippen LogP contribution in [0.2, 0.25) is 0 Å². The number of allylic oxidation sites excluding steroid dienone is 3. The Bertz CT molecular complexity index is 6490. The highest BCUT2D eigenvalue weighted by Crippen LogP contribution is 2.47. The van der Waals surface area contributed by atoms with Crippen LogP contribution in [0, 0.1) is 13.8 Å². The van der Waals surface area contributed by atoms with Crippen molar-refractivity contribution < 1.29 is 0 Å². The molecule has 4 aliphatic heterocycles. The van der Waals surface area contributed by atoms with Crippen LogP contribution in [0.25, 0.3) is 182 Å². The van der Waals surface area contributed by atoms with E-state index >= 15 is 0 Å². The Balaban J connectivity index is 0.954. The molecule has 118 heavy (non-hydrogen) atoms. The number of aryl methyl sites for hydroxylation is 2. The monoisotopic (exact) mass is 1540 g/mol. The number of aromatic nitrogens is 8. The van der Waals surface area contributed by atoms with Gasteiger partial charge in [0.25, 0.3) is 0 Å². The third kappa shape index (κ3) is 14.8. The van der Waals surface area contributed by atoms with Crippen molar-refractivity contribution in [3.8, 4) is 89.0 Å². The van der Waals surface area contributed by atoms with Gasteiger partial charge in [-0.1, -0.05) is 276 Å². The van der Waals surface area contributed by atoms with Crippen LogP contribution in [0.15, 0.2) is 250 Å². The summed E-state index contributed by atoms with van der Waals surface area (Å²) in [7, 11) is 0. The van der Waals surface area contributed by atoms with Crippen molar-refractivity contribution in [2.45, 2.75) is 143 Å². The van der Waals surface area contributed by atoms with E-state index < -0.39 is 0 Å². The first-order valence-corrected chi connectivity index (χ1v) is 41.5. The molecule has 0 saturated carbocycles. The van der Waals surface area contributed by atoms with E-state index in [1.54, 1.807) is 0 Å². The van der Waals surface area contributed by atoms with Crippen LogP contribution in [-0.2, 0) is 27.1 Å². The Labute approximate surface area is 695 Å². The first-order valence-electron chi connectivity index (χ1n) is 41.5. The summed E-state index contributed by atoms with van der Waals surface area (Å²) < 4.78 is 0. The molecule has 10 heterocycles. The Morgan fingerprint density at radius 2 is 0.441 bits per heavy atom. The maximum atomic E-state index is 5.95. The Hall–Kier alpha value is -13.0. The zero-order valence-corrected chi connectivity index (χ0v) is 70.6.